The van der Waals surface area contributed by atoms with E-state index < -0.39 is 0 Å². The summed E-state index contributed by atoms with van der Waals surface area (Å²) in [6.45, 7) is 5.70. The molecule has 8 heteroatoms. The third-order valence-electron chi connectivity index (χ3n) is 2.97. The number of carbonyl (C=O) groups excluding carboxylic acids is 1. The zero-order valence-corrected chi connectivity index (χ0v) is 15.2. The maximum absolute atomic E-state index is 12.6. The van der Waals surface area contributed by atoms with Crippen LogP contribution in [0.3, 0.4) is 0 Å². The molecule has 0 atom stereocenters. The van der Waals surface area contributed by atoms with Crippen LogP contribution in [0.2, 0.25) is 0 Å². The molecule has 0 radical (unpaired) electrons. The molecule has 0 unspecified atom stereocenters. The highest BCUT2D eigenvalue weighted by molar-refractivity contribution is 9.10. The highest BCUT2D eigenvalue weighted by atomic mass is 79.9. The zero-order valence-electron chi connectivity index (χ0n) is 12.8. The summed E-state index contributed by atoms with van der Waals surface area (Å²) in [6, 6.07) is 3.63. The molecule has 0 aliphatic heterocycles. The maximum atomic E-state index is 12.6. The number of amides is 1. The van der Waals surface area contributed by atoms with Crippen LogP contribution in [0.1, 0.15) is 28.7 Å². The predicted octanol–water partition coefficient (Wildman–Crippen LogP) is 3.16. The monoisotopic (exact) mass is 384 g/mol. The second-order valence-electron chi connectivity index (χ2n) is 4.54. The number of aryl methyl sites for hydroxylation is 2. The van der Waals surface area contributed by atoms with Gasteiger partial charge in [-0.15, -0.1) is 10.2 Å². The molecule has 0 saturated heterocycles. The van der Waals surface area contributed by atoms with Gasteiger partial charge in [-0.3, -0.25) is 10.2 Å². The molecule has 2 aromatic rings. The van der Waals surface area contributed by atoms with Gasteiger partial charge in [0.2, 0.25) is 5.16 Å². The smallest absolute Gasteiger partial charge is 0.274 e. The second-order valence-corrected chi connectivity index (χ2v) is 6.69. The molecular formula is C14H17BrN4O2S. The number of hydrogen-bond donors (Lipinski definition) is 1. The molecule has 6 nitrogen and oxygen atoms in total. The van der Waals surface area contributed by atoms with Crippen LogP contribution in [-0.4, -0.2) is 33.6 Å². The molecule has 0 bridgehead atoms. The summed E-state index contributed by atoms with van der Waals surface area (Å²) in [7, 11) is 1.55. The van der Waals surface area contributed by atoms with Gasteiger partial charge >= 0.3 is 0 Å². The summed E-state index contributed by atoms with van der Waals surface area (Å²) in [5.74, 6) is 1.74. The van der Waals surface area contributed by atoms with Crippen LogP contribution < -0.4 is 10.2 Å². The summed E-state index contributed by atoms with van der Waals surface area (Å²) in [5.41, 5.74) is 4.15. The Morgan fingerprint density at radius 1 is 1.41 bits per heavy atom. The van der Waals surface area contributed by atoms with Crippen molar-refractivity contribution in [1.82, 2.24) is 14.9 Å². The van der Waals surface area contributed by atoms with Crippen LogP contribution in [0.4, 0.5) is 0 Å². The molecular weight excluding hydrogens is 368 g/mol. The number of thioether (sulfide) groups is 1. The molecule has 22 heavy (non-hydrogen) atoms. The minimum absolute atomic E-state index is 0.276. The van der Waals surface area contributed by atoms with Gasteiger partial charge in [0.15, 0.2) is 0 Å². The van der Waals surface area contributed by atoms with Crippen molar-refractivity contribution in [3.8, 4) is 5.75 Å². The number of aromatic nitrogens is 3. The molecule has 0 spiro atoms. The normalized spacial score (nSPS) is 10.6. The van der Waals surface area contributed by atoms with Gasteiger partial charge in [0.05, 0.1) is 12.7 Å². The van der Waals surface area contributed by atoms with Gasteiger partial charge in [0.25, 0.3) is 5.91 Å². The zero-order chi connectivity index (χ0) is 16.3. The molecule has 2 rings (SSSR count). The SMILES string of the molecule is CCSc1nnc(C)n1NC(=O)c1cc(Br)cc(C)c1OC. The van der Waals surface area contributed by atoms with Gasteiger partial charge in [-0.05, 0) is 37.3 Å². The lowest BCUT2D eigenvalue weighted by atomic mass is 10.1. The fourth-order valence-corrected chi connectivity index (χ4v) is 3.26. The lowest BCUT2D eigenvalue weighted by Crippen LogP contribution is -2.25. The van der Waals surface area contributed by atoms with Gasteiger partial charge < -0.3 is 4.74 Å². The second kappa shape index (κ2) is 7.15. The van der Waals surface area contributed by atoms with E-state index in [1.165, 1.54) is 11.8 Å². The van der Waals surface area contributed by atoms with Crippen molar-refractivity contribution in [3.05, 3.63) is 33.6 Å². The molecule has 118 valence electrons. The van der Waals surface area contributed by atoms with Crippen molar-refractivity contribution in [2.45, 2.75) is 25.9 Å². The van der Waals surface area contributed by atoms with Crippen LogP contribution in [0.25, 0.3) is 0 Å². The Labute approximate surface area is 141 Å². The van der Waals surface area contributed by atoms with Gasteiger partial charge in [0.1, 0.15) is 11.6 Å². The Balaban J connectivity index is 2.36. The Morgan fingerprint density at radius 3 is 2.77 bits per heavy atom. The fraction of sp³-hybridized carbons (Fsp3) is 0.357. The van der Waals surface area contributed by atoms with E-state index in [0.717, 1.165) is 15.8 Å². The summed E-state index contributed by atoms with van der Waals surface area (Å²) >= 11 is 4.92. The topological polar surface area (TPSA) is 69.0 Å². The molecule has 0 aliphatic carbocycles. The molecule has 1 heterocycles. The predicted molar refractivity (Wildman–Crippen MR) is 90.3 cm³/mol. The van der Waals surface area contributed by atoms with Crippen molar-refractivity contribution in [3.63, 3.8) is 0 Å². The Morgan fingerprint density at radius 2 is 2.14 bits per heavy atom. The lowest BCUT2D eigenvalue weighted by molar-refractivity contribution is 0.100. The molecule has 1 amide bonds. The van der Waals surface area contributed by atoms with E-state index in [1.807, 2.05) is 19.9 Å². The number of benzene rings is 1. The Kier molecular flexibility index (Phi) is 5.47. The van der Waals surface area contributed by atoms with Crippen molar-refractivity contribution in [2.75, 3.05) is 18.3 Å². The number of hydrogen-bond acceptors (Lipinski definition) is 5. The van der Waals surface area contributed by atoms with E-state index in [9.17, 15) is 4.79 Å². The van der Waals surface area contributed by atoms with E-state index in [4.69, 9.17) is 4.74 Å². The maximum Gasteiger partial charge on any atom is 0.274 e. The standard InChI is InChI=1S/C14H17BrN4O2S/c1-5-22-14-17-16-9(3)19(14)18-13(20)11-7-10(15)6-8(2)12(11)21-4/h6-7H,5H2,1-4H3,(H,18,20). The number of ether oxygens (including phenoxy) is 1. The molecule has 0 fully saturated rings. The number of nitrogens with zero attached hydrogens (tertiary/aromatic N) is 3. The Bertz CT molecular complexity index is 702. The number of nitrogens with one attached hydrogen (secondary N) is 1. The summed E-state index contributed by atoms with van der Waals surface area (Å²) in [5, 5.41) is 8.70. The minimum atomic E-state index is -0.276. The van der Waals surface area contributed by atoms with Crippen LogP contribution in [0, 0.1) is 13.8 Å². The number of carbonyl (C=O) groups is 1. The minimum Gasteiger partial charge on any atom is -0.496 e. The van der Waals surface area contributed by atoms with E-state index >= 15 is 0 Å². The first-order chi connectivity index (χ1) is 10.5. The first kappa shape index (κ1) is 16.8. The van der Waals surface area contributed by atoms with Crippen LogP contribution in [0.5, 0.6) is 5.75 Å². The van der Waals surface area contributed by atoms with Gasteiger partial charge in [-0.1, -0.05) is 34.6 Å². The molecule has 1 aromatic carbocycles. The lowest BCUT2D eigenvalue weighted by Gasteiger charge is -2.14. The van der Waals surface area contributed by atoms with Crippen LogP contribution in [0.15, 0.2) is 21.8 Å². The third kappa shape index (κ3) is 3.44. The van der Waals surface area contributed by atoms with Crippen LogP contribution in [-0.2, 0) is 0 Å². The fourth-order valence-electron chi connectivity index (χ4n) is 2.03. The van der Waals surface area contributed by atoms with E-state index in [2.05, 4.69) is 31.6 Å². The first-order valence-corrected chi connectivity index (χ1v) is 8.46. The quantitative estimate of drug-likeness (QED) is 0.801. The third-order valence-corrected chi connectivity index (χ3v) is 4.24. The van der Waals surface area contributed by atoms with Crippen molar-refractivity contribution in [1.29, 1.82) is 0 Å². The summed E-state index contributed by atoms with van der Waals surface area (Å²) in [4.78, 5) is 12.6. The van der Waals surface area contributed by atoms with Gasteiger partial charge in [0, 0.05) is 4.47 Å². The molecule has 1 aromatic heterocycles. The average molecular weight is 385 g/mol. The number of rotatable bonds is 5. The highest BCUT2D eigenvalue weighted by Gasteiger charge is 2.18. The van der Waals surface area contributed by atoms with E-state index in [0.29, 0.717) is 22.3 Å². The Hall–Kier alpha value is -1.54. The van der Waals surface area contributed by atoms with E-state index in [-0.39, 0.29) is 5.91 Å². The molecule has 0 saturated carbocycles. The van der Waals surface area contributed by atoms with Gasteiger partial charge in [-0.25, -0.2) is 4.68 Å². The summed E-state index contributed by atoms with van der Waals surface area (Å²) in [6.07, 6.45) is 0. The molecule has 0 aliphatic rings. The van der Waals surface area contributed by atoms with E-state index in [1.54, 1.807) is 24.8 Å². The molecule has 1 N–H and O–H groups in total. The number of halogens is 1. The van der Waals surface area contributed by atoms with Crippen molar-refractivity contribution < 1.29 is 9.53 Å². The average Bonchev–Trinajstić information content (AvgIpc) is 2.80. The largest absolute Gasteiger partial charge is 0.496 e. The summed E-state index contributed by atoms with van der Waals surface area (Å²) < 4.78 is 7.76. The van der Waals surface area contributed by atoms with Crippen molar-refractivity contribution in [2.24, 2.45) is 0 Å². The van der Waals surface area contributed by atoms with Crippen molar-refractivity contribution >= 4 is 33.6 Å². The van der Waals surface area contributed by atoms with Gasteiger partial charge in [-0.2, -0.15) is 0 Å². The first-order valence-electron chi connectivity index (χ1n) is 6.68. The van der Waals surface area contributed by atoms with Crippen LogP contribution >= 0.6 is 27.7 Å². The number of methoxy groups -OCH3 is 1. The highest BCUT2D eigenvalue weighted by Crippen LogP contribution is 2.28.